The normalized spacial score (nSPS) is 28.9. The Balaban J connectivity index is 2.37. The summed E-state index contributed by atoms with van der Waals surface area (Å²) < 4.78 is 29.6. The predicted molar refractivity (Wildman–Crippen MR) is 79.2 cm³/mol. The second-order valence-electron chi connectivity index (χ2n) is 4.49. The van der Waals surface area contributed by atoms with E-state index in [2.05, 4.69) is 22.6 Å². The van der Waals surface area contributed by atoms with Gasteiger partial charge in [-0.1, -0.05) is 47.2 Å². The molecule has 1 aliphatic rings. The molecule has 1 aromatic carbocycles. The van der Waals surface area contributed by atoms with Gasteiger partial charge in [0.05, 0.1) is 3.92 Å². The van der Waals surface area contributed by atoms with Crippen molar-refractivity contribution in [2.75, 3.05) is 0 Å². The van der Waals surface area contributed by atoms with Crippen LogP contribution in [-0.2, 0) is 10.0 Å². The molecule has 6 heteroatoms. The summed E-state index contributed by atoms with van der Waals surface area (Å²) in [5, 5.41) is 5.43. The molecule has 0 heterocycles. The number of alkyl halides is 1. The number of halogens is 1. The van der Waals surface area contributed by atoms with E-state index in [9.17, 15) is 8.42 Å². The molecule has 2 atom stereocenters. The monoisotopic (exact) mass is 381 g/mol. The summed E-state index contributed by atoms with van der Waals surface area (Å²) in [6, 6.07) is 9.00. The number of hydrogen-bond donors (Lipinski definition) is 1. The molecule has 1 saturated carbocycles. The van der Waals surface area contributed by atoms with E-state index in [0.717, 1.165) is 19.3 Å². The van der Waals surface area contributed by atoms with Crippen molar-refractivity contribution in [3.8, 4) is 5.75 Å². The van der Waals surface area contributed by atoms with Crippen molar-refractivity contribution in [3.05, 3.63) is 30.3 Å². The summed E-state index contributed by atoms with van der Waals surface area (Å²) in [6.07, 6.45) is 3.10. The zero-order chi connectivity index (χ0) is 13.2. The highest BCUT2D eigenvalue weighted by molar-refractivity contribution is 14.1. The lowest BCUT2D eigenvalue weighted by Gasteiger charge is -2.39. The number of nitrogens with two attached hydrogens (primary N) is 1. The number of rotatable bonds is 3. The van der Waals surface area contributed by atoms with E-state index >= 15 is 0 Å². The molecule has 2 unspecified atom stereocenters. The highest BCUT2D eigenvalue weighted by Gasteiger charge is 2.51. The van der Waals surface area contributed by atoms with Crippen molar-refractivity contribution in [2.24, 2.45) is 5.14 Å². The van der Waals surface area contributed by atoms with Crippen LogP contribution in [0.1, 0.15) is 25.7 Å². The number of sulfonamides is 1. The molecule has 0 saturated heterocycles. The van der Waals surface area contributed by atoms with Crippen LogP contribution in [0.25, 0.3) is 0 Å². The lowest BCUT2D eigenvalue weighted by molar-refractivity contribution is 0.120. The second kappa shape index (κ2) is 5.34. The number of primary sulfonamides is 1. The first kappa shape index (κ1) is 14.1. The van der Waals surface area contributed by atoms with Crippen molar-refractivity contribution < 1.29 is 13.2 Å². The van der Waals surface area contributed by atoms with Crippen LogP contribution in [0.15, 0.2) is 30.3 Å². The number of hydrogen-bond acceptors (Lipinski definition) is 3. The van der Waals surface area contributed by atoms with Crippen LogP contribution in [-0.4, -0.2) is 17.3 Å². The fourth-order valence-corrected chi connectivity index (χ4v) is 5.31. The quantitative estimate of drug-likeness (QED) is 0.646. The van der Waals surface area contributed by atoms with E-state index in [1.165, 1.54) is 0 Å². The summed E-state index contributed by atoms with van der Waals surface area (Å²) in [4.78, 5) is -1.28. The Kier molecular flexibility index (Phi) is 4.18. The molecule has 0 radical (unpaired) electrons. The van der Waals surface area contributed by atoms with Gasteiger partial charge in [-0.15, -0.1) is 0 Å². The van der Waals surface area contributed by atoms with Gasteiger partial charge in [-0.3, -0.25) is 0 Å². The van der Waals surface area contributed by atoms with E-state index in [4.69, 9.17) is 9.88 Å². The Morgan fingerprint density at radius 1 is 1.28 bits per heavy atom. The zero-order valence-electron chi connectivity index (χ0n) is 9.88. The lowest BCUT2D eigenvalue weighted by atomic mass is 9.97. The van der Waals surface area contributed by atoms with Gasteiger partial charge in [0.2, 0.25) is 4.93 Å². The summed E-state index contributed by atoms with van der Waals surface area (Å²) in [5.41, 5.74) is 0. The van der Waals surface area contributed by atoms with Crippen molar-refractivity contribution in [2.45, 2.75) is 34.5 Å². The maximum atomic E-state index is 12.0. The maximum absolute atomic E-state index is 12.0. The minimum absolute atomic E-state index is 0.126. The topological polar surface area (TPSA) is 69.4 Å². The summed E-state index contributed by atoms with van der Waals surface area (Å²) >= 11 is 2.14. The Bertz CT molecular complexity index is 505. The van der Waals surface area contributed by atoms with Gasteiger partial charge in [0.15, 0.2) is 0 Å². The highest BCUT2D eigenvalue weighted by Crippen LogP contribution is 2.40. The first-order valence-electron chi connectivity index (χ1n) is 5.86. The van der Waals surface area contributed by atoms with Gasteiger partial charge in [0, 0.05) is 6.42 Å². The van der Waals surface area contributed by atoms with E-state index in [1.54, 1.807) is 12.1 Å². The van der Waals surface area contributed by atoms with Crippen molar-refractivity contribution in [1.82, 2.24) is 0 Å². The van der Waals surface area contributed by atoms with Gasteiger partial charge in [0.25, 0.3) is 10.0 Å². The Morgan fingerprint density at radius 2 is 1.94 bits per heavy atom. The average molecular weight is 381 g/mol. The third-order valence-corrected chi connectivity index (χ3v) is 6.81. The third kappa shape index (κ3) is 2.65. The molecule has 0 spiro atoms. The molecule has 2 N–H and O–H groups in total. The number of ether oxygens (including phenoxy) is 1. The molecule has 1 aromatic rings. The van der Waals surface area contributed by atoms with E-state index < -0.39 is 15.0 Å². The molecule has 0 aromatic heterocycles. The van der Waals surface area contributed by atoms with Crippen LogP contribution in [0.2, 0.25) is 0 Å². The van der Waals surface area contributed by atoms with Gasteiger partial charge in [-0.05, 0) is 25.0 Å². The predicted octanol–water partition coefficient (Wildman–Crippen LogP) is 2.43. The Morgan fingerprint density at radius 3 is 2.50 bits per heavy atom. The minimum atomic E-state index is -3.76. The van der Waals surface area contributed by atoms with Crippen molar-refractivity contribution in [1.29, 1.82) is 0 Å². The maximum Gasteiger partial charge on any atom is 0.251 e. The van der Waals surface area contributed by atoms with Crippen molar-refractivity contribution >= 4 is 32.6 Å². The van der Waals surface area contributed by atoms with Crippen molar-refractivity contribution in [3.63, 3.8) is 0 Å². The third-order valence-electron chi connectivity index (χ3n) is 3.23. The van der Waals surface area contributed by atoms with Crippen LogP contribution >= 0.6 is 22.6 Å². The molecular weight excluding hydrogens is 365 g/mol. The number of para-hydroxylation sites is 1. The number of benzene rings is 1. The molecular formula is C12H16INO3S. The molecule has 18 heavy (non-hydrogen) atoms. The summed E-state index contributed by atoms with van der Waals surface area (Å²) in [6.45, 7) is 0. The lowest BCUT2D eigenvalue weighted by Crippen LogP contribution is -2.56. The fraction of sp³-hybridized carbons (Fsp3) is 0.500. The molecule has 0 bridgehead atoms. The van der Waals surface area contributed by atoms with Gasteiger partial charge < -0.3 is 4.74 Å². The molecule has 0 amide bonds. The van der Waals surface area contributed by atoms with Crippen LogP contribution in [0.5, 0.6) is 5.75 Å². The van der Waals surface area contributed by atoms with Gasteiger partial charge in [-0.25, -0.2) is 13.6 Å². The van der Waals surface area contributed by atoms with E-state index in [1.807, 2.05) is 18.2 Å². The fourth-order valence-electron chi connectivity index (χ4n) is 2.25. The van der Waals surface area contributed by atoms with Crippen LogP contribution in [0.3, 0.4) is 0 Å². The molecule has 1 aliphatic carbocycles. The summed E-state index contributed by atoms with van der Waals surface area (Å²) in [5.74, 6) is 0.551. The molecule has 1 fully saturated rings. The SMILES string of the molecule is NS(=O)(=O)C1(Oc2ccccc2)CCCCC1I. The Labute approximate surface area is 121 Å². The van der Waals surface area contributed by atoms with Gasteiger partial charge in [-0.2, -0.15) is 0 Å². The first-order chi connectivity index (χ1) is 8.46. The summed E-state index contributed by atoms with van der Waals surface area (Å²) in [7, 11) is -3.76. The molecule has 100 valence electrons. The minimum Gasteiger partial charge on any atom is -0.469 e. The van der Waals surface area contributed by atoms with Crippen LogP contribution in [0, 0.1) is 0 Å². The van der Waals surface area contributed by atoms with Gasteiger partial charge >= 0.3 is 0 Å². The average Bonchev–Trinajstić information content (AvgIpc) is 2.32. The zero-order valence-corrected chi connectivity index (χ0v) is 12.9. The van der Waals surface area contributed by atoms with Crippen LogP contribution in [0.4, 0.5) is 0 Å². The highest BCUT2D eigenvalue weighted by atomic mass is 127. The molecule has 4 nitrogen and oxygen atoms in total. The standard InChI is InChI=1S/C12H16INO3S/c13-11-8-4-5-9-12(11,18(14,15)16)17-10-6-2-1-3-7-10/h1-3,6-7,11H,4-5,8-9H2,(H2,14,15,16). The molecule has 2 rings (SSSR count). The molecule has 0 aliphatic heterocycles. The van der Waals surface area contributed by atoms with Gasteiger partial charge in [0.1, 0.15) is 5.75 Å². The Hall–Kier alpha value is -0.340. The first-order valence-corrected chi connectivity index (χ1v) is 8.65. The van der Waals surface area contributed by atoms with E-state index in [-0.39, 0.29) is 3.92 Å². The second-order valence-corrected chi connectivity index (χ2v) is 7.77. The van der Waals surface area contributed by atoms with E-state index in [0.29, 0.717) is 12.2 Å². The van der Waals surface area contributed by atoms with Crippen LogP contribution < -0.4 is 9.88 Å². The largest absolute Gasteiger partial charge is 0.469 e. The smallest absolute Gasteiger partial charge is 0.251 e.